The first-order valence-corrected chi connectivity index (χ1v) is 5.66. The van der Waals surface area contributed by atoms with E-state index in [9.17, 15) is 4.79 Å². The van der Waals surface area contributed by atoms with Gasteiger partial charge in [0.25, 0.3) is 0 Å². The average molecular weight is 254 g/mol. The van der Waals surface area contributed by atoms with E-state index >= 15 is 0 Å². The minimum absolute atomic E-state index is 0.160. The number of halogens is 1. The smallest absolute Gasteiger partial charge is 0.331 e. The van der Waals surface area contributed by atoms with E-state index in [1.807, 2.05) is 43.1 Å². The highest BCUT2D eigenvalue weighted by Crippen LogP contribution is 2.20. The molecule has 0 amide bonds. The molecule has 17 heavy (non-hydrogen) atoms. The summed E-state index contributed by atoms with van der Waals surface area (Å²) in [6.07, 6.45) is 3.09. The number of ether oxygens (including phenoxy) is 1. The van der Waals surface area contributed by atoms with Crippen molar-refractivity contribution < 1.29 is 9.53 Å². The van der Waals surface area contributed by atoms with Gasteiger partial charge < -0.3 is 9.64 Å². The number of hydrogen-bond acceptors (Lipinski definition) is 3. The Morgan fingerprint density at radius 3 is 2.53 bits per heavy atom. The molecule has 1 aromatic carbocycles. The van der Waals surface area contributed by atoms with Crippen LogP contribution in [-0.2, 0) is 9.53 Å². The molecule has 0 aliphatic heterocycles. The number of nitrogens with zero attached hydrogens (tertiary/aromatic N) is 1. The molecule has 0 aliphatic rings. The molecule has 92 valence electrons. The maximum atomic E-state index is 11.0. The van der Waals surface area contributed by atoms with Crippen LogP contribution in [0.2, 0.25) is 5.02 Å². The summed E-state index contributed by atoms with van der Waals surface area (Å²) in [4.78, 5) is 12.9. The topological polar surface area (TPSA) is 29.5 Å². The number of carbonyl (C=O) groups excluding carboxylic acids is 1. The summed E-state index contributed by atoms with van der Waals surface area (Å²) in [7, 11) is 3.26. The molecule has 0 fully saturated rings. The third kappa shape index (κ3) is 4.11. The highest BCUT2D eigenvalue weighted by Gasteiger charge is 2.08. The van der Waals surface area contributed by atoms with Gasteiger partial charge in [-0.25, -0.2) is 4.79 Å². The van der Waals surface area contributed by atoms with E-state index in [4.69, 9.17) is 11.6 Å². The molecule has 0 aliphatic carbocycles. The molecule has 0 N–H and O–H groups in total. The molecule has 0 aromatic heterocycles. The van der Waals surface area contributed by atoms with Gasteiger partial charge >= 0.3 is 5.97 Å². The molecule has 1 aromatic rings. The van der Waals surface area contributed by atoms with Crippen LogP contribution >= 0.6 is 11.6 Å². The van der Waals surface area contributed by atoms with Gasteiger partial charge in [-0.3, -0.25) is 0 Å². The fourth-order valence-corrected chi connectivity index (χ4v) is 1.48. The lowest BCUT2D eigenvalue weighted by atomic mass is 10.1. The molecule has 0 saturated heterocycles. The molecular weight excluding hydrogens is 238 g/mol. The van der Waals surface area contributed by atoms with Crippen molar-refractivity contribution in [2.45, 2.75) is 13.0 Å². The molecule has 4 heteroatoms. The molecule has 0 saturated carbocycles. The Hall–Kier alpha value is -1.48. The maximum Gasteiger partial charge on any atom is 0.331 e. The van der Waals surface area contributed by atoms with E-state index in [2.05, 4.69) is 4.74 Å². The number of methoxy groups -OCH3 is 1. The summed E-state index contributed by atoms with van der Waals surface area (Å²) in [5.41, 5.74) is 1.13. The second-order valence-electron chi connectivity index (χ2n) is 3.73. The molecule has 0 bridgehead atoms. The van der Waals surface area contributed by atoms with Crippen LogP contribution in [0.15, 0.2) is 36.5 Å². The van der Waals surface area contributed by atoms with Crippen LogP contribution in [-0.4, -0.2) is 25.0 Å². The van der Waals surface area contributed by atoms with Gasteiger partial charge in [-0.1, -0.05) is 23.7 Å². The Morgan fingerprint density at radius 2 is 2.00 bits per heavy atom. The summed E-state index contributed by atoms with van der Waals surface area (Å²) in [6.45, 7) is 2.05. The fraction of sp³-hybridized carbons (Fsp3) is 0.308. The van der Waals surface area contributed by atoms with E-state index in [-0.39, 0.29) is 12.0 Å². The predicted molar refractivity (Wildman–Crippen MR) is 68.8 cm³/mol. The number of benzene rings is 1. The van der Waals surface area contributed by atoms with Crippen molar-refractivity contribution in [2.24, 2.45) is 0 Å². The normalized spacial score (nSPS) is 12.5. The van der Waals surface area contributed by atoms with Crippen molar-refractivity contribution in [2.75, 3.05) is 14.2 Å². The summed E-state index contributed by atoms with van der Waals surface area (Å²) >= 11 is 5.83. The first kappa shape index (κ1) is 13.6. The predicted octanol–water partition coefficient (Wildman–Crippen LogP) is 3.02. The second-order valence-corrected chi connectivity index (χ2v) is 4.17. The van der Waals surface area contributed by atoms with Crippen molar-refractivity contribution in [1.82, 2.24) is 4.90 Å². The van der Waals surface area contributed by atoms with Crippen molar-refractivity contribution in [3.05, 3.63) is 47.1 Å². The zero-order valence-electron chi connectivity index (χ0n) is 10.2. The standard InChI is InChI=1S/C13H16ClNO2/c1-10(11-4-6-12(14)7-5-11)15(2)9-8-13(16)17-3/h4-10H,1-3H3. The number of esters is 1. The van der Waals surface area contributed by atoms with Crippen LogP contribution in [0.4, 0.5) is 0 Å². The molecule has 0 heterocycles. The lowest BCUT2D eigenvalue weighted by Gasteiger charge is -2.23. The summed E-state index contributed by atoms with van der Waals surface area (Å²) < 4.78 is 4.53. The van der Waals surface area contributed by atoms with Crippen LogP contribution in [0.5, 0.6) is 0 Å². The maximum absolute atomic E-state index is 11.0. The van der Waals surface area contributed by atoms with Crippen LogP contribution < -0.4 is 0 Å². The van der Waals surface area contributed by atoms with E-state index < -0.39 is 0 Å². The molecule has 0 spiro atoms. The molecule has 1 atom stereocenters. The fourth-order valence-electron chi connectivity index (χ4n) is 1.35. The highest BCUT2D eigenvalue weighted by molar-refractivity contribution is 6.30. The summed E-state index contributed by atoms with van der Waals surface area (Å²) in [5.74, 6) is -0.361. The monoisotopic (exact) mass is 253 g/mol. The van der Waals surface area contributed by atoms with Crippen molar-refractivity contribution in [3.63, 3.8) is 0 Å². The second kappa shape index (κ2) is 6.30. The largest absolute Gasteiger partial charge is 0.466 e. The average Bonchev–Trinajstić information content (AvgIpc) is 2.35. The van der Waals surface area contributed by atoms with Crippen molar-refractivity contribution in [3.8, 4) is 0 Å². The van der Waals surface area contributed by atoms with Crippen molar-refractivity contribution in [1.29, 1.82) is 0 Å². The highest BCUT2D eigenvalue weighted by atomic mass is 35.5. The Kier molecular flexibility index (Phi) is 5.04. The zero-order chi connectivity index (χ0) is 12.8. The third-order valence-corrected chi connectivity index (χ3v) is 2.86. The zero-order valence-corrected chi connectivity index (χ0v) is 10.9. The molecular formula is C13H16ClNO2. The first-order valence-electron chi connectivity index (χ1n) is 5.28. The van der Waals surface area contributed by atoms with E-state index in [0.717, 1.165) is 5.56 Å². The minimum atomic E-state index is -0.361. The molecule has 1 unspecified atom stereocenters. The van der Waals surface area contributed by atoms with Gasteiger partial charge in [0, 0.05) is 24.3 Å². The number of carbonyl (C=O) groups is 1. The number of hydrogen-bond donors (Lipinski definition) is 0. The summed E-state index contributed by atoms with van der Waals surface area (Å²) in [5, 5.41) is 0.716. The lowest BCUT2D eigenvalue weighted by molar-refractivity contribution is -0.134. The third-order valence-electron chi connectivity index (χ3n) is 2.61. The molecule has 0 radical (unpaired) electrons. The van der Waals surface area contributed by atoms with Crippen LogP contribution in [0.1, 0.15) is 18.5 Å². The van der Waals surface area contributed by atoms with Crippen LogP contribution in [0.3, 0.4) is 0 Å². The Balaban J connectivity index is 2.69. The lowest BCUT2D eigenvalue weighted by Crippen LogP contribution is -2.16. The molecule has 3 nitrogen and oxygen atoms in total. The Bertz CT molecular complexity index is 400. The van der Waals surface area contributed by atoms with Crippen LogP contribution in [0, 0.1) is 0 Å². The van der Waals surface area contributed by atoms with Gasteiger partial charge in [-0.15, -0.1) is 0 Å². The Labute approximate surface area is 107 Å². The number of rotatable bonds is 4. The van der Waals surface area contributed by atoms with Gasteiger partial charge in [0.05, 0.1) is 13.2 Å². The van der Waals surface area contributed by atoms with Gasteiger partial charge in [0.2, 0.25) is 0 Å². The Morgan fingerprint density at radius 1 is 1.41 bits per heavy atom. The van der Waals surface area contributed by atoms with Gasteiger partial charge in [0.15, 0.2) is 0 Å². The minimum Gasteiger partial charge on any atom is -0.466 e. The van der Waals surface area contributed by atoms with E-state index in [1.165, 1.54) is 13.2 Å². The van der Waals surface area contributed by atoms with Gasteiger partial charge in [-0.2, -0.15) is 0 Å². The molecule has 1 rings (SSSR count). The van der Waals surface area contributed by atoms with Gasteiger partial charge in [0.1, 0.15) is 0 Å². The van der Waals surface area contributed by atoms with Crippen LogP contribution in [0.25, 0.3) is 0 Å². The first-order chi connectivity index (χ1) is 8.04. The van der Waals surface area contributed by atoms with Gasteiger partial charge in [-0.05, 0) is 24.6 Å². The quantitative estimate of drug-likeness (QED) is 0.610. The summed E-state index contributed by atoms with van der Waals surface area (Å²) in [6, 6.07) is 7.80. The van der Waals surface area contributed by atoms with E-state index in [0.29, 0.717) is 5.02 Å². The van der Waals surface area contributed by atoms with Crippen molar-refractivity contribution >= 4 is 17.6 Å². The van der Waals surface area contributed by atoms with E-state index in [1.54, 1.807) is 6.20 Å². The SMILES string of the molecule is COC(=O)C=CN(C)C(C)c1ccc(Cl)cc1.